The first-order valence-electron chi connectivity index (χ1n) is 6.45. The molecule has 1 fully saturated rings. The molecule has 0 aromatic carbocycles. The molecule has 1 aliphatic rings. The van der Waals surface area contributed by atoms with Crippen molar-refractivity contribution in [3.05, 3.63) is 29.8 Å². The minimum absolute atomic E-state index is 0.132. The maximum absolute atomic E-state index is 12.8. The number of aliphatic hydroxyl groups is 1. The smallest absolute Gasteiger partial charge is 0.272 e. The molecule has 2 rings (SSSR count). The molecule has 0 saturated carbocycles. The Morgan fingerprint density at radius 2 is 2.16 bits per heavy atom. The third-order valence-corrected chi connectivity index (χ3v) is 3.24. The van der Waals surface area contributed by atoms with Gasteiger partial charge in [0.05, 0.1) is 12.8 Å². The Bertz CT molecular complexity index is 424. The molecule has 0 unspecified atom stereocenters. The summed E-state index contributed by atoms with van der Waals surface area (Å²) in [5, 5.41) is 8.92. The largest absolute Gasteiger partial charge is 0.395 e. The van der Waals surface area contributed by atoms with E-state index in [0.717, 1.165) is 25.7 Å². The van der Waals surface area contributed by atoms with E-state index in [1.807, 2.05) is 0 Å². The molecule has 5 nitrogen and oxygen atoms in total. The van der Waals surface area contributed by atoms with E-state index >= 15 is 0 Å². The van der Waals surface area contributed by atoms with Crippen LogP contribution in [0.5, 0.6) is 0 Å². The van der Waals surface area contributed by atoms with Gasteiger partial charge in [-0.15, -0.1) is 0 Å². The first-order valence-corrected chi connectivity index (χ1v) is 6.45. The van der Waals surface area contributed by atoms with Crippen LogP contribution in [0.25, 0.3) is 0 Å². The maximum atomic E-state index is 12.8. The molecule has 1 N–H and O–H groups in total. The fraction of sp³-hybridized carbons (Fsp3) is 0.538. The molecule has 1 aromatic heterocycles. The molecule has 1 saturated heterocycles. The van der Waals surface area contributed by atoms with Gasteiger partial charge in [0.15, 0.2) is 0 Å². The van der Waals surface area contributed by atoms with Crippen LogP contribution in [-0.2, 0) is 0 Å². The van der Waals surface area contributed by atoms with Crippen LogP contribution in [0, 0.1) is 5.82 Å². The zero-order valence-electron chi connectivity index (χ0n) is 10.8. The molecular formula is C13H18FN3O2. The van der Waals surface area contributed by atoms with Crippen LogP contribution in [0.4, 0.5) is 4.39 Å². The highest BCUT2D eigenvalue weighted by Crippen LogP contribution is 2.08. The summed E-state index contributed by atoms with van der Waals surface area (Å²) in [6.07, 6.45) is 1.93. The highest BCUT2D eigenvalue weighted by molar-refractivity contribution is 5.92. The Morgan fingerprint density at radius 1 is 1.32 bits per heavy atom. The minimum atomic E-state index is -0.443. The summed E-state index contributed by atoms with van der Waals surface area (Å²) in [5.41, 5.74) is 0.275. The monoisotopic (exact) mass is 267 g/mol. The summed E-state index contributed by atoms with van der Waals surface area (Å²) in [6, 6.07) is 2.66. The highest BCUT2D eigenvalue weighted by atomic mass is 19.1. The van der Waals surface area contributed by atoms with Crippen molar-refractivity contribution in [1.29, 1.82) is 0 Å². The highest BCUT2D eigenvalue weighted by Gasteiger charge is 2.20. The van der Waals surface area contributed by atoms with Gasteiger partial charge in [-0.25, -0.2) is 9.37 Å². The second-order valence-electron chi connectivity index (χ2n) is 4.57. The van der Waals surface area contributed by atoms with Crippen molar-refractivity contribution in [2.45, 2.75) is 6.42 Å². The topological polar surface area (TPSA) is 56.7 Å². The Labute approximate surface area is 111 Å². The molecule has 1 amide bonds. The van der Waals surface area contributed by atoms with Gasteiger partial charge in [0.2, 0.25) is 0 Å². The number of β-amino-alcohol motifs (C(OH)–C–C–N with tert-alkyl or cyclic N) is 1. The van der Waals surface area contributed by atoms with Crippen molar-refractivity contribution < 1.29 is 14.3 Å². The molecule has 104 valence electrons. The molecular weight excluding hydrogens is 249 g/mol. The van der Waals surface area contributed by atoms with Crippen LogP contribution >= 0.6 is 0 Å². The predicted molar refractivity (Wildman–Crippen MR) is 68.2 cm³/mol. The quantitative estimate of drug-likeness (QED) is 0.859. The first kappa shape index (κ1) is 13.9. The molecule has 6 heteroatoms. The van der Waals surface area contributed by atoms with Crippen molar-refractivity contribution in [2.24, 2.45) is 0 Å². The van der Waals surface area contributed by atoms with Crippen molar-refractivity contribution in [1.82, 2.24) is 14.8 Å². The summed E-state index contributed by atoms with van der Waals surface area (Å²) in [5.74, 6) is -0.604. The SMILES string of the molecule is O=C(c1ccc(F)cn1)N1CCCN(CCO)CC1. The standard InChI is InChI=1S/C13H18FN3O2/c14-11-2-3-12(15-10-11)13(19)17-5-1-4-16(6-7-17)8-9-18/h2-3,10,18H,1,4-9H2. The normalized spacial score (nSPS) is 17.3. The van der Waals surface area contributed by atoms with Crippen LogP contribution in [0.1, 0.15) is 16.9 Å². The molecule has 19 heavy (non-hydrogen) atoms. The number of aromatic nitrogens is 1. The summed E-state index contributed by atoms with van der Waals surface area (Å²) in [7, 11) is 0. The molecule has 2 heterocycles. The van der Waals surface area contributed by atoms with Gasteiger partial charge < -0.3 is 10.0 Å². The van der Waals surface area contributed by atoms with Crippen molar-refractivity contribution in [3.8, 4) is 0 Å². The van der Waals surface area contributed by atoms with Crippen molar-refractivity contribution in [3.63, 3.8) is 0 Å². The summed E-state index contributed by atoms with van der Waals surface area (Å²) in [6.45, 7) is 3.66. The molecule has 1 aromatic rings. The maximum Gasteiger partial charge on any atom is 0.272 e. The molecule has 0 aliphatic carbocycles. The van der Waals surface area contributed by atoms with Gasteiger partial charge in [-0.1, -0.05) is 0 Å². The number of rotatable bonds is 3. The van der Waals surface area contributed by atoms with Crippen LogP contribution in [-0.4, -0.2) is 65.1 Å². The summed E-state index contributed by atoms with van der Waals surface area (Å²) < 4.78 is 12.8. The number of amides is 1. The number of nitrogens with zero attached hydrogens (tertiary/aromatic N) is 3. The van der Waals surface area contributed by atoms with E-state index < -0.39 is 5.82 Å². The fourth-order valence-electron chi connectivity index (χ4n) is 2.20. The first-order chi connectivity index (χ1) is 9.20. The second kappa shape index (κ2) is 6.58. The van der Waals surface area contributed by atoms with E-state index in [4.69, 9.17) is 5.11 Å². The van der Waals surface area contributed by atoms with E-state index in [9.17, 15) is 9.18 Å². The number of pyridine rings is 1. The molecule has 0 atom stereocenters. The van der Waals surface area contributed by atoms with Gasteiger partial charge in [-0.05, 0) is 25.1 Å². The van der Waals surface area contributed by atoms with Crippen molar-refractivity contribution in [2.75, 3.05) is 39.3 Å². The number of halogens is 1. The minimum Gasteiger partial charge on any atom is -0.395 e. The average molecular weight is 267 g/mol. The van der Waals surface area contributed by atoms with Crippen molar-refractivity contribution >= 4 is 5.91 Å². The van der Waals surface area contributed by atoms with E-state index in [1.54, 1.807) is 4.90 Å². The number of carbonyl (C=O) groups is 1. The van der Waals surface area contributed by atoms with Gasteiger partial charge in [0.1, 0.15) is 11.5 Å². The lowest BCUT2D eigenvalue weighted by Gasteiger charge is -2.21. The van der Waals surface area contributed by atoms with E-state index in [1.165, 1.54) is 12.1 Å². The second-order valence-corrected chi connectivity index (χ2v) is 4.57. The Balaban J connectivity index is 1.98. The lowest BCUT2D eigenvalue weighted by molar-refractivity contribution is 0.0754. The van der Waals surface area contributed by atoms with Crippen LogP contribution in [0.3, 0.4) is 0 Å². The number of aliphatic hydroxyl groups excluding tert-OH is 1. The van der Waals surface area contributed by atoms with Crippen LogP contribution in [0.15, 0.2) is 18.3 Å². The number of carbonyl (C=O) groups excluding carboxylic acids is 1. The third-order valence-electron chi connectivity index (χ3n) is 3.24. The Kier molecular flexibility index (Phi) is 4.81. The lowest BCUT2D eigenvalue weighted by Crippen LogP contribution is -2.36. The van der Waals surface area contributed by atoms with Gasteiger partial charge >= 0.3 is 0 Å². The zero-order chi connectivity index (χ0) is 13.7. The average Bonchev–Trinajstić information content (AvgIpc) is 2.65. The third kappa shape index (κ3) is 3.71. The van der Waals surface area contributed by atoms with Crippen LogP contribution < -0.4 is 0 Å². The molecule has 0 radical (unpaired) electrons. The summed E-state index contributed by atoms with van der Waals surface area (Å²) >= 11 is 0. The van der Waals surface area contributed by atoms with Crippen LogP contribution in [0.2, 0.25) is 0 Å². The lowest BCUT2D eigenvalue weighted by atomic mass is 10.3. The fourth-order valence-corrected chi connectivity index (χ4v) is 2.20. The molecule has 0 spiro atoms. The van der Waals surface area contributed by atoms with Gasteiger partial charge in [-0.3, -0.25) is 9.69 Å². The number of hydrogen-bond donors (Lipinski definition) is 1. The summed E-state index contributed by atoms with van der Waals surface area (Å²) in [4.78, 5) is 19.9. The van der Waals surface area contributed by atoms with Gasteiger partial charge in [0, 0.05) is 26.2 Å². The molecule has 0 bridgehead atoms. The Morgan fingerprint density at radius 3 is 2.84 bits per heavy atom. The number of hydrogen-bond acceptors (Lipinski definition) is 4. The molecule has 1 aliphatic heterocycles. The predicted octanol–water partition coefficient (Wildman–Crippen LogP) is 0.361. The van der Waals surface area contributed by atoms with Gasteiger partial charge in [-0.2, -0.15) is 0 Å². The zero-order valence-corrected chi connectivity index (χ0v) is 10.8. The van der Waals surface area contributed by atoms with E-state index in [-0.39, 0.29) is 18.2 Å². The van der Waals surface area contributed by atoms with E-state index in [2.05, 4.69) is 9.88 Å². The van der Waals surface area contributed by atoms with E-state index in [0.29, 0.717) is 19.6 Å². The Hall–Kier alpha value is -1.53. The van der Waals surface area contributed by atoms with Gasteiger partial charge in [0.25, 0.3) is 5.91 Å².